The fourth-order valence-electron chi connectivity index (χ4n) is 3.96. The highest BCUT2D eigenvalue weighted by atomic mass is 16.5. The van der Waals surface area contributed by atoms with Gasteiger partial charge in [-0.05, 0) is 41.3 Å². The molecule has 0 radical (unpaired) electrons. The fraction of sp³-hybridized carbons (Fsp3) is 0.231. The Bertz CT molecular complexity index is 1210. The fourth-order valence-corrected chi connectivity index (χ4v) is 3.96. The highest BCUT2D eigenvalue weighted by Crippen LogP contribution is 2.19. The number of benzene rings is 3. The molecular weight excluding hydrogens is 434 g/mol. The topological polar surface area (TPSA) is 105 Å². The molecule has 1 heterocycles. The number of alkyl carbamates (subject to hydrolysis) is 1. The summed E-state index contributed by atoms with van der Waals surface area (Å²) in [6.45, 7) is 0.171. The molecule has 1 aliphatic rings. The van der Waals surface area contributed by atoms with Crippen molar-refractivity contribution in [3.8, 4) is 0 Å². The summed E-state index contributed by atoms with van der Waals surface area (Å²) in [4.78, 5) is 51.3. The van der Waals surface area contributed by atoms with E-state index in [2.05, 4.69) is 10.6 Å². The predicted molar refractivity (Wildman–Crippen MR) is 126 cm³/mol. The summed E-state index contributed by atoms with van der Waals surface area (Å²) < 4.78 is 5.10. The number of amides is 4. The maximum Gasteiger partial charge on any atom is 0.407 e. The van der Waals surface area contributed by atoms with Crippen molar-refractivity contribution in [3.05, 3.63) is 83.9 Å². The molecule has 174 valence electrons. The number of hydrogen-bond acceptors (Lipinski definition) is 5. The minimum Gasteiger partial charge on any atom is -0.445 e. The van der Waals surface area contributed by atoms with Crippen molar-refractivity contribution < 1.29 is 23.9 Å². The van der Waals surface area contributed by atoms with Crippen molar-refractivity contribution in [3.63, 3.8) is 0 Å². The largest absolute Gasteiger partial charge is 0.445 e. The standard InChI is InChI=1S/C26H25N3O5/c30-23(16-27-26(33)34-17-18-7-2-1-3-8-18)29-14-6-11-22(29)25(32)28-24(31)21-13-12-19-9-4-5-10-20(19)15-21/h1-5,7-10,12-13,15,22H,6,11,14,16-17H2,(H,27,33)(H,28,31,32)/t22-/m0/s1. The Hall–Kier alpha value is -4.20. The first-order valence-corrected chi connectivity index (χ1v) is 11.1. The van der Waals surface area contributed by atoms with Crippen LogP contribution >= 0.6 is 0 Å². The van der Waals surface area contributed by atoms with E-state index in [-0.39, 0.29) is 13.2 Å². The normalized spacial score (nSPS) is 15.1. The quantitative estimate of drug-likeness (QED) is 0.552. The summed E-state index contributed by atoms with van der Waals surface area (Å²) >= 11 is 0. The van der Waals surface area contributed by atoms with E-state index in [1.54, 1.807) is 12.1 Å². The molecule has 8 nitrogen and oxygen atoms in total. The zero-order valence-corrected chi connectivity index (χ0v) is 18.5. The zero-order chi connectivity index (χ0) is 23.9. The Kier molecular flexibility index (Phi) is 7.17. The molecule has 1 saturated heterocycles. The monoisotopic (exact) mass is 459 g/mol. The van der Waals surface area contributed by atoms with E-state index in [0.29, 0.717) is 24.9 Å². The van der Waals surface area contributed by atoms with Gasteiger partial charge in [-0.2, -0.15) is 0 Å². The van der Waals surface area contributed by atoms with E-state index in [0.717, 1.165) is 16.3 Å². The third-order valence-electron chi connectivity index (χ3n) is 5.72. The third kappa shape index (κ3) is 5.58. The lowest BCUT2D eigenvalue weighted by atomic mass is 10.1. The summed E-state index contributed by atoms with van der Waals surface area (Å²) in [7, 11) is 0. The van der Waals surface area contributed by atoms with Gasteiger partial charge in [-0.25, -0.2) is 4.79 Å². The average Bonchev–Trinajstić information content (AvgIpc) is 3.37. The molecule has 0 unspecified atom stereocenters. The first kappa shape index (κ1) is 23.0. The van der Waals surface area contributed by atoms with E-state index < -0.39 is 29.9 Å². The van der Waals surface area contributed by atoms with Crippen molar-refractivity contribution in [1.82, 2.24) is 15.5 Å². The van der Waals surface area contributed by atoms with Gasteiger partial charge in [-0.15, -0.1) is 0 Å². The molecule has 1 atom stereocenters. The van der Waals surface area contributed by atoms with Crippen molar-refractivity contribution in [1.29, 1.82) is 0 Å². The Labute approximate surface area is 196 Å². The molecule has 4 rings (SSSR count). The molecule has 0 spiro atoms. The van der Waals surface area contributed by atoms with E-state index in [4.69, 9.17) is 4.74 Å². The molecule has 0 saturated carbocycles. The van der Waals surface area contributed by atoms with Crippen LogP contribution in [0.3, 0.4) is 0 Å². The molecule has 4 amide bonds. The summed E-state index contributed by atoms with van der Waals surface area (Å²) in [5, 5.41) is 6.72. The molecule has 1 fully saturated rings. The van der Waals surface area contributed by atoms with Gasteiger partial charge in [0.25, 0.3) is 5.91 Å². The Balaban J connectivity index is 1.29. The highest BCUT2D eigenvalue weighted by Gasteiger charge is 2.34. The van der Waals surface area contributed by atoms with Crippen LogP contribution in [-0.4, -0.2) is 47.8 Å². The van der Waals surface area contributed by atoms with Crippen LogP contribution in [0.1, 0.15) is 28.8 Å². The first-order chi connectivity index (χ1) is 16.5. The van der Waals surface area contributed by atoms with E-state index in [1.165, 1.54) is 4.90 Å². The van der Waals surface area contributed by atoms with Gasteiger partial charge in [-0.3, -0.25) is 19.7 Å². The van der Waals surface area contributed by atoms with Crippen LogP contribution in [0.5, 0.6) is 0 Å². The lowest BCUT2D eigenvalue weighted by Gasteiger charge is -2.23. The SMILES string of the molecule is O=C(NCC(=O)N1CCC[C@H]1C(=O)NC(=O)c1ccc2ccccc2c1)OCc1ccccc1. The van der Waals surface area contributed by atoms with Crippen LogP contribution in [0.4, 0.5) is 4.79 Å². The summed E-state index contributed by atoms with van der Waals surface area (Å²) in [6, 6.07) is 21.2. The Morgan fingerprint density at radius 2 is 1.65 bits per heavy atom. The number of likely N-dealkylation sites (tertiary alicyclic amines) is 1. The van der Waals surface area contributed by atoms with Crippen LogP contribution in [-0.2, 0) is 20.9 Å². The number of fused-ring (bicyclic) bond motifs is 1. The van der Waals surface area contributed by atoms with Crippen LogP contribution < -0.4 is 10.6 Å². The molecule has 3 aromatic rings. The average molecular weight is 460 g/mol. The number of nitrogens with one attached hydrogen (secondary N) is 2. The second-order valence-electron chi connectivity index (χ2n) is 8.04. The second kappa shape index (κ2) is 10.6. The Morgan fingerprint density at radius 3 is 2.44 bits per heavy atom. The molecule has 3 aromatic carbocycles. The summed E-state index contributed by atoms with van der Waals surface area (Å²) in [5.41, 5.74) is 1.20. The van der Waals surface area contributed by atoms with Crippen LogP contribution in [0.2, 0.25) is 0 Å². The molecule has 0 bridgehead atoms. The van der Waals surface area contributed by atoms with Crippen LogP contribution in [0.15, 0.2) is 72.8 Å². The summed E-state index contributed by atoms with van der Waals surface area (Å²) in [5.74, 6) is -1.46. The number of carbonyl (C=O) groups excluding carboxylic acids is 4. The first-order valence-electron chi connectivity index (χ1n) is 11.1. The second-order valence-corrected chi connectivity index (χ2v) is 8.04. The molecule has 0 aromatic heterocycles. The lowest BCUT2D eigenvalue weighted by Crippen LogP contribution is -2.50. The van der Waals surface area contributed by atoms with Gasteiger partial charge < -0.3 is 15.0 Å². The van der Waals surface area contributed by atoms with Gasteiger partial charge in [0.05, 0.1) is 0 Å². The van der Waals surface area contributed by atoms with Crippen molar-refractivity contribution >= 4 is 34.6 Å². The van der Waals surface area contributed by atoms with Crippen molar-refractivity contribution in [2.24, 2.45) is 0 Å². The van der Waals surface area contributed by atoms with E-state index >= 15 is 0 Å². The Morgan fingerprint density at radius 1 is 0.912 bits per heavy atom. The van der Waals surface area contributed by atoms with Gasteiger partial charge in [-0.1, -0.05) is 60.7 Å². The van der Waals surface area contributed by atoms with Gasteiger partial charge >= 0.3 is 6.09 Å². The van der Waals surface area contributed by atoms with Crippen LogP contribution in [0.25, 0.3) is 10.8 Å². The number of imide groups is 1. The molecular formula is C26H25N3O5. The number of ether oxygens (including phenoxy) is 1. The van der Waals surface area contributed by atoms with Crippen molar-refractivity contribution in [2.75, 3.05) is 13.1 Å². The smallest absolute Gasteiger partial charge is 0.407 e. The molecule has 8 heteroatoms. The lowest BCUT2D eigenvalue weighted by molar-refractivity contribution is -0.137. The molecule has 2 N–H and O–H groups in total. The number of carbonyl (C=O) groups is 4. The minimum absolute atomic E-state index is 0.0898. The number of nitrogens with zero attached hydrogens (tertiary/aromatic N) is 1. The summed E-state index contributed by atoms with van der Waals surface area (Å²) in [6.07, 6.45) is 0.358. The number of hydrogen-bond donors (Lipinski definition) is 2. The zero-order valence-electron chi connectivity index (χ0n) is 18.5. The minimum atomic E-state index is -0.765. The predicted octanol–water partition coefficient (Wildman–Crippen LogP) is 3.01. The maximum atomic E-state index is 12.8. The van der Waals surface area contributed by atoms with Crippen molar-refractivity contribution in [2.45, 2.75) is 25.5 Å². The molecule has 0 aliphatic carbocycles. The maximum absolute atomic E-state index is 12.8. The third-order valence-corrected chi connectivity index (χ3v) is 5.72. The van der Waals surface area contributed by atoms with Gasteiger partial charge in [0.1, 0.15) is 19.2 Å². The molecule has 1 aliphatic heterocycles. The number of rotatable bonds is 6. The van der Waals surface area contributed by atoms with Gasteiger partial charge in [0, 0.05) is 12.1 Å². The van der Waals surface area contributed by atoms with E-state index in [9.17, 15) is 19.2 Å². The molecule has 34 heavy (non-hydrogen) atoms. The van der Waals surface area contributed by atoms with Gasteiger partial charge in [0.15, 0.2) is 0 Å². The van der Waals surface area contributed by atoms with Crippen LogP contribution in [0, 0.1) is 0 Å². The van der Waals surface area contributed by atoms with Gasteiger partial charge in [0.2, 0.25) is 11.8 Å². The van der Waals surface area contributed by atoms with E-state index in [1.807, 2.05) is 60.7 Å². The highest BCUT2D eigenvalue weighted by molar-refractivity contribution is 6.08.